The second-order valence-electron chi connectivity index (χ2n) is 3.68. The van der Waals surface area contributed by atoms with Gasteiger partial charge in [0.1, 0.15) is 6.61 Å². The van der Waals surface area contributed by atoms with Gasteiger partial charge in [-0.1, -0.05) is 18.7 Å². The van der Waals surface area contributed by atoms with Crippen LogP contribution in [0.2, 0.25) is 0 Å². The molecule has 2 rings (SSSR count). The first-order valence-electron chi connectivity index (χ1n) is 5.39. The zero-order valence-electron chi connectivity index (χ0n) is 9.59. The number of ether oxygens (including phenoxy) is 1. The van der Waals surface area contributed by atoms with E-state index in [0.717, 1.165) is 11.0 Å². The third-order valence-electron chi connectivity index (χ3n) is 2.60. The molecule has 1 aromatic rings. The molecule has 0 saturated heterocycles. The largest absolute Gasteiger partial charge is 0.461 e. The standard InChI is InChI=1S/C13H11NO4/c1-2-11(15)18-8-7-14-12(16)9-5-3-4-6-10(9)13(14)17/h2-6H,1,7-8H2. The molecule has 0 saturated carbocycles. The third-order valence-corrected chi connectivity index (χ3v) is 2.60. The summed E-state index contributed by atoms with van der Waals surface area (Å²) in [6.07, 6.45) is 1.03. The second kappa shape index (κ2) is 4.83. The lowest BCUT2D eigenvalue weighted by atomic mass is 10.1. The Bertz CT molecular complexity index is 501. The molecule has 0 radical (unpaired) electrons. The van der Waals surface area contributed by atoms with Crippen molar-refractivity contribution in [3.63, 3.8) is 0 Å². The van der Waals surface area contributed by atoms with Crippen LogP contribution >= 0.6 is 0 Å². The van der Waals surface area contributed by atoms with Gasteiger partial charge in [-0.05, 0) is 12.1 Å². The molecule has 0 N–H and O–H groups in total. The van der Waals surface area contributed by atoms with Gasteiger partial charge in [-0.15, -0.1) is 0 Å². The quantitative estimate of drug-likeness (QED) is 0.451. The molecule has 1 aliphatic rings. The van der Waals surface area contributed by atoms with Gasteiger partial charge in [0, 0.05) is 6.08 Å². The number of nitrogens with zero attached hydrogens (tertiary/aromatic N) is 1. The summed E-state index contributed by atoms with van der Waals surface area (Å²) in [7, 11) is 0. The van der Waals surface area contributed by atoms with E-state index in [0.29, 0.717) is 11.1 Å². The molecule has 5 nitrogen and oxygen atoms in total. The first kappa shape index (κ1) is 12.0. The molecule has 0 bridgehead atoms. The zero-order chi connectivity index (χ0) is 13.1. The molecule has 1 aromatic carbocycles. The van der Waals surface area contributed by atoms with Crippen molar-refractivity contribution in [2.45, 2.75) is 0 Å². The fraction of sp³-hybridized carbons (Fsp3) is 0.154. The maximum atomic E-state index is 11.9. The first-order chi connectivity index (χ1) is 8.65. The van der Waals surface area contributed by atoms with Crippen LogP contribution in [0, 0.1) is 0 Å². The van der Waals surface area contributed by atoms with Crippen molar-refractivity contribution in [2.24, 2.45) is 0 Å². The Labute approximate surface area is 104 Å². The summed E-state index contributed by atoms with van der Waals surface area (Å²) in [5.74, 6) is -1.29. The van der Waals surface area contributed by atoms with Gasteiger partial charge < -0.3 is 4.74 Å². The lowest BCUT2D eigenvalue weighted by molar-refractivity contribution is -0.137. The molecular formula is C13H11NO4. The molecule has 0 atom stereocenters. The number of carbonyl (C=O) groups is 3. The maximum Gasteiger partial charge on any atom is 0.330 e. The van der Waals surface area contributed by atoms with Crippen LogP contribution in [0.15, 0.2) is 36.9 Å². The van der Waals surface area contributed by atoms with Gasteiger partial charge in [-0.25, -0.2) is 4.79 Å². The predicted octanol–water partition coefficient (Wildman–Crippen LogP) is 1.01. The van der Waals surface area contributed by atoms with Crippen LogP contribution in [0.3, 0.4) is 0 Å². The van der Waals surface area contributed by atoms with Crippen LogP contribution in [0.25, 0.3) is 0 Å². The number of benzene rings is 1. The van der Waals surface area contributed by atoms with Crippen molar-refractivity contribution in [1.82, 2.24) is 4.90 Å². The van der Waals surface area contributed by atoms with Crippen molar-refractivity contribution in [3.8, 4) is 0 Å². The number of fused-ring (bicyclic) bond motifs is 1. The summed E-state index contributed by atoms with van der Waals surface area (Å²) in [6, 6.07) is 6.60. The van der Waals surface area contributed by atoms with E-state index in [4.69, 9.17) is 4.74 Å². The molecule has 0 fully saturated rings. The molecule has 0 spiro atoms. The van der Waals surface area contributed by atoms with E-state index >= 15 is 0 Å². The van der Waals surface area contributed by atoms with Crippen LogP contribution in [0.4, 0.5) is 0 Å². The molecule has 1 heterocycles. The molecule has 0 aliphatic carbocycles. The Balaban J connectivity index is 2.05. The number of hydrogen-bond acceptors (Lipinski definition) is 4. The fourth-order valence-electron chi connectivity index (χ4n) is 1.74. The van der Waals surface area contributed by atoms with Crippen LogP contribution < -0.4 is 0 Å². The van der Waals surface area contributed by atoms with Gasteiger partial charge in [0.05, 0.1) is 17.7 Å². The Kier molecular flexibility index (Phi) is 3.23. The fourth-order valence-corrected chi connectivity index (χ4v) is 1.74. The molecule has 92 valence electrons. The van der Waals surface area contributed by atoms with E-state index in [1.165, 1.54) is 0 Å². The molecule has 18 heavy (non-hydrogen) atoms. The van der Waals surface area contributed by atoms with E-state index in [2.05, 4.69) is 6.58 Å². The van der Waals surface area contributed by atoms with Crippen molar-refractivity contribution >= 4 is 17.8 Å². The van der Waals surface area contributed by atoms with Crippen LogP contribution in [0.1, 0.15) is 20.7 Å². The first-order valence-corrected chi connectivity index (χ1v) is 5.39. The number of rotatable bonds is 4. The average molecular weight is 245 g/mol. The summed E-state index contributed by atoms with van der Waals surface area (Å²) in [5, 5.41) is 0. The summed E-state index contributed by atoms with van der Waals surface area (Å²) < 4.78 is 4.75. The minimum Gasteiger partial charge on any atom is -0.461 e. The monoisotopic (exact) mass is 245 g/mol. The third kappa shape index (κ3) is 2.02. The molecule has 0 aromatic heterocycles. The zero-order valence-corrected chi connectivity index (χ0v) is 9.59. The highest BCUT2D eigenvalue weighted by atomic mass is 16.5. The Morgan fingerprint density at radius 1 is 1.22 bits per heavy atom. The lowest BCUT2D eigenvalue weighted by Crippen LogP contribution is -2.33. The number of amides is 2. The normalized spacial score (nSPS) is 13.4. The van der Waals surface area contributed by atoms with E-state index in [1.807, 2.05) is 0 Å². The van der Waals surface area contributed by atoms with Gasteiger partial charge >= 0.3 is 5.97 Å². The molecule has 1 aliphatic heterocycles. The number of esters is 1. The molecule has 5 heteroatoms. The Morgan fingerprint density at radius 2 is 1.78 bits per heavy atom. The molecule has 0 unspecified atom stereocenters. The number of hydrogen-bond donors (Lipinski definition) is 0. The van der Waals surface area contributed by atoms with Crippen LogP contribution in [0.5, 0.6) is 0 Å². The van der Waals surface area contributed by atoms with Gasteiger partial charge in [0.15, 0.2) is 0 Å². The van der Waals surface area contributed by atoms with E-state index < -0.39 is 5.97 Å². The SMILES string of the molecule is C=CC(=O)OCCN1C(=O)c2ccccc2C1=O. The van der Waals surface area contributed by atoms with Crippen LogP contribution in [-0.2, 0) is 9.53 Å². The lowest BCUT2D eigenvalue weighted by Gasteiger charge is -2.13. The van der Waals surface area contributed by atoms with Gasteiger partial charge in [-0.2, -0.15) is 0 Å². The topological polar surface area (TPSA) is 63.7 Å². The summed E-state index contributed by atoms with van der Waals surface area (Å²) in [4.78, 5) is 35.7. The Morgan fingerprint density at radius 3 is 2.28 bits per heavy atom. The molecular weight excluding hydrogens is 234 g/mol. The minimum atomic E-state index is -0.577. The van der Waals surface area contributed by atoms with Crippen molar-refractivity contribution < 1.29 is 19.1 Å². The number of carbonyl (C=O) groups excluding carboxylic acids is 3. The minimum absolute atomic E-state index is 0.0314. The van der Waals surface area contributed by atoms with E-state index in [1.54, 1.807) is 24.3 Å². The predicted molar refractivity (Wildman–Crippen MR) is 63.0 cm³/mol. The average Bonchev–Trinajstić information content (AvgIpc) is 2.64. The highest BCUT2D eigenvalue weighted by molar-refractivity contribution is 6.21. The summed E-state index contributed by atoms with van der Waals surface area (Å²) in [5.41, 5.74) is 0.773. The Hall–Kier alpha value is -2.43. The van der Waals surface area contributed by atoms with Crippen molar-refractivity contribution in [1.29, 1.82) is 0 Å². The maximum absolute atomic E-state index is 11.9. The summed E-state index contributed by atoms with van der Waals surface area (Å²) in [6.45, 7) is 3.27. The van der Waals surface area contributed by atoms with Crippen molar-refractivity contribution in [3.05, 3.63) is 48.0 Å². The van der Waals surface area contributed by atoms with Gasteiger partial charge in [0.2, 0.25) is 0 Å². The van der Waals surface area contributed by atoms with E-state index in [-0.39, 0.29) is 25.0 Å². The number of imide groups is 1. The van der Waals surface area contributed by atoms with E-state index in [9.17, 15) is 14.4 Å². The summed E-state index contributed by atoms with van der Waals surface area (Å²) >= 11 is 0. The van der Waals surface area contributed by atoms with Gasteiger partial charge in [0.25, 0.3) is 11.8 Å². The second-order valence-corrected chi connectivity index (χ2v) is 3.68. The highest BCUT2D eigenvalue weighted by Gasteiger charge is 2.34. The van der Waals surface area contributed by atoms with Gasteiger partial charge in [-0.3, -0.25) is 14.5 Å². The smallest absolute Gasteiger partial charge is 0.330 e. The van der Waals surface area contributed by atoms with Crippen LogP contribution in [-0.4, -0.2) is 35.8 Å². The van der Waals surface area contributed by atoms with Crippen molar-refractivity contribution in [2.75, 3.05) is 13.2 Å². The highest BCUT2D eigenvalue weighted by Crippen LogP contribution is 2.21. The molecule has 2 amide bonds.